The van der Waals surface area contributed by atoms with E-state index in [0.717, 1.165) is 9.65 Å². The van der Waals surface area contributed by atoms with Crippen LogP contribution in [0.25, 0.3) is 11.4 Å². The van der Waals surface area contributed by atoms with Gasteiger partial charge < -0.3 is 10.1 Å². The smallest absolute Gasteiger partial charge is 0.256 e. The summed E-state index contributed by atoms with van der Waals surface area (Å²) in [5.41, 5.74) is 1.51. The van der Waals surface area contributed by atoms with E-state index in [1.54, 1.807) is 44.4 Å². The fraction of sp³-hybridized carbons (Fsp3) is 0.222. The van der Waals surface area contributed by atoms with Crippen LogP contribution in [0.15, 0.2) is 48.5 Å². The summed E-state index contributed by atoms with van der Waals surface area (Å²) in [5, 5.41) is 7.81. The minimum atomic E-state index is -3.62. The Labute approximate surface area is 163 Å². The van der Waals surface area contributed by atoms with Crippen LogP contribution in [0.2, 0.25) is 5.02 Å². The molecule has 1 aromatic heterocycles. The average Bonchev–Trinajstić information content (AvgIpc) is 3.12. The lowest BCUT2D eigenvalue weighted by Crippen LogP contribution is -2.19. The number of methoxy groups -OCH3 is 1. The largest absolute Gasteiger partial charge is 0.497 e. The van der Waals surface area contributed by atoms with Crippen LogP contribution in [-0.2, 0) is 16.6 Å². The molecule has 0 saturated carbocycles. The molecule has 0 aliphatic heterocycles. The van der Waals surface area contributed by atoms with Crippen LogP contribution in [0, 0.1) is 0 Å². The summed E-state index contributed by atoms with van der Waals surface area (Å²) < 4.78 is 30.9. The first-order valence-corrected chi connectivity index (χ1v) is 10.3. The highest BCUT2D eigenvalue weighted by Crippen LogP contribution is 2.23. The fourth-order valence-corrected chi connectivity index (χ4v) is 3.42. The summed E-state index contributed by atoms with van der Waals surface area (Å²) in [6, 6.07) is 14.4. The standard InChI is InChI=1S/C18H19ClN4O3S/c1-3-27(24,25)23-18(20-12-14-6-4-5-7-16(14)19)21-17(22-23)13-8-10-15(26-2)11-9-13/h4-11H,3,12H2,1-2H3,(H,20,21,22). The van der Waals surface area contributed by atoms with E-state index in [1.165, 1.54) is 0 Å². The Bertz CT molecular complexity index is 1030. The van der Waals surface area contributed by atoms with Gasteiger partial charge in [0.15, 0.2) is 5.82 Å². The van der Waals surface area contributed by atoms with Gasteiger partial charge in [0.05, 0.1) is 12.9 Å². The lowest BCUT2D eigenvalue weighted by molar-refractivity contribution is 0.415. The first-order valence-electron chi connectivity index (χ1n) is 8.26. The highest BCUT2D eigenvalue weighted by Gasteiger charge is 2.21. The molecule has 3 aromatic rings. The van der Waals surface area contributed by atoms with Crippen molar-refractivity contribution < 1.29 is 13.2 Å². The van der Waals surface area contributed by atoms with Gasteiger partial charge in [0.25, 0.3) is 10.0 Å². The maximum absolute atomic E-state index is 12.4. The number of ether oxygens (including phenoxy) is 1. The second-order valence-corrected chi connectivity index (χ2v) is 8.17. The molecule has 0 spiro atoms. The van der Waals surface area contributed by atoms with E-state index in [9.17, 15) is 8.42 Å². The Morgan fingerprint density at radius 3 is 2.48 bits per heavy atom. The van der Waals surface area contributed by atoms with Crippen molar-refractivity contribution in [3.8, 4) is 17.1 Å². The molecule has 7 nitrogen and oxygen atoms in total. The zero-order valence-corrected chi connectivity index (χ0v) is 16.5. The van der Waals surface area contributed by atoms with Crippen molar-refractivity contribution in [1.29, 1.82) is 0 Å². The van der Waals surface area contributed by atoms with Gasteiger partial charge in [-0.25, -0.2) is 8.42 Å². The average molecular weight is 407 g/mol. The number of aromatic nitrogens is 3. The van der Waals surface area contributed by atoms with Gasteiger partial charge in [-0.2, -0.15) is 4.98 Å². The minimum Gasteiger partial charge on any atom is -0.497 e. The molecular formula is C18H19ClN4O3S. The van der Waals surface area contributed by atoms with Crippen molar-refractivity contribution in [2.75, 3.05) is 18.2 Å². The Morgan fingerprint density at radius 2 is 1.85 bits per heavy atom. The molecule has 3 rings (SSSR count). The van der Waals surface area contributed by atoms with E-state index in [0.29, 0.717) is 28.7 Å². The number of nitrogens with zero attached hydrogens (tertiary/aromatic N) is 3. The third-order valence-corrected chi connectivity index (χ3v) is 5.83. The Kier molecular flexibility index (Phi) is 5.67. The monoisotopic (exact) mass is 406 g/mol. The molecular weight excluding hydrogens is 388 g/mol. The molecule has 0 unspecified atom stereocenters. The number of hydrogen-bond acceptors (Lipinski definition) is 6. The van der Waals surface area contributed by atoms with Gasteiger partial charge in [-0.1, -0.05) is 29.8 Å². The second kappa shape index (κ2) is 7.98. The highest BCUT2D eigenvalue weighted by atomic mass is 35.5. The first kappa shape index (κ1) is 19.2. The topological polar surface area (TPSA) is 86.1 Å². The lowest BCUT2D eigenvalue weighted by Gasteiger charge is -2.08. The summed E-state index contributed by atoms with van der Waals surface area (Å²) in [7, 11) is -2.04. The Hall–Kier alpha value is -2.58. The van der Waals surface area contributed by atoms with E-state index in [1.807, 2.05) is 18.2 Å². The second-order valence-electron chi connectivity index (χ2n) is 5.68. The van der Waals surface area contributed by atoms with Crippen molar-refractivity contribution in [2.45, 2.75) is 13.5 Å². The van der Waals surface area contributed by atoms with Gasteiger partial charge in [-0.05, 0) is 42.8 Å². The zero-order valence-electron chi connectivity index (χ0n) is 14.9. The summed E-state index contributed by atoms with van der Waals surface area (Å²) in [5.74, 6) is 1.04. The van der Waals surface area contributed by atoms with Crippen LogP contribution in [0.1, 0.15) is 12.5 Å². The summed E-state index contributed by atoms with van der Waals surface area (Å²) >= 11 is 6.16. The van der Waals surface area contributed by atoms with Crippen molar-refractivity contribution >= 4 is 27.6 Å². The number of halogens is 1. The van der Waals surface area contributed by atoms with Crippen LogP contribution in [0.5, 0.6) is 5.75 Å². The normalized spacial score (nSPS) is 11.4. The fourth-order valence-electron chi connectivity index (χ4n) is 2.40. The minimum absolute atomic E-state index is 0.0980. The van der Waals surface area contributed by atoms with Gasteiger partial charge in [0.2, 0.25) is 5.95 Å². The van der Waals surface area contributed by atoms with Gasteiger partial charge in [0.1, 0.15) is 5.75 Å². The van der Waals surface area contributed by atoms with Gasteiger partial charge in [-0.3, -0.25) is 0 Å². The van der Waals surface area contributed by atoms with Gasteiger partial charge in [-0.15, -0.1) is 9.19 Å². The third kappa shape index (κ3) is 4.23. The summed E-state index contributed by atoms with van der Waals surface area (Å²) in [4.78, 5) is 4.37. The molecule has 27 heavy (non-hydrogen) atoms. The molecule has 0 amide bonds. The summed E-state index contributed by atoms with van der Waals surface area (Å²) in [6.45, 7) is 1.88. The third-order valence-electron chi connectivity index (χ3n) is 3.95. The van der Waals surface area contributed by atoms with Crippen LogP contribution in [0.4, 0.5) is 5.95 Å². The van der Waals surface area contributed by atoms with Crippen LogP contribution in [-0.4, -0.2) is 35.5 Å². The van der Waals surface area contributed by atoms with Gasteiger partial charge in [0, 0.05) is 17.1 Å². The predicted molar refractivity (Wildman–Crippen MR) is 106 cm³/mol. The number of benzene rings is 2. The van der Waals surface area contributed by atoms with Crippen LogP contribution >= 0.6 is 11.6 Å². The number of anilines is 1. The molecule has 1 heterocycles. The maximum Gasteiger partial charge on any atom is 0.256 e. The molecule has 0 radical (unpaired) electrons. The van der Waals surface area contributed by atoms with E-state index in [4.69, 9.17) is 16.3 Å². The van der Waals surface area contributed by atoms with E-state index in [-0.39, 0.29) is 11.7 Å². The molecule has 2 aromatic carbocycles. The van der Waals surface area contributed by atoms with Gasteiger partial charge >= 0.3 is 0 Å². The lowest BCUT2D eigenvalue weighted by atomic mass is 10.2. The van der Waals surface area contributed by atoms with Crippen molar-refractivity contribution in [3.05, 3.63) is 59.1 Å². The molecule has 0 atom stereocenters. The quantitative estimate of drug-likeness (QED) is 0.647. The zero-order chi connectivity index (χ0) is 19.4. The van der Waals surface area contributed by atoms with E-state index >= 15 is 0 Å². The Morgan fingerprint density at radius 1 is 1.15 bits per heavy atom. The van der Waals surface area contributed by atoms with Crippen molar-refractivity contribution in [3.63, 3.8) is 0 Å². The SMILES string of the molecule is CCS(=O)(=O)n1nc(-c2ccc(OC)cc2)nc1NCc1ccccc1Cl. The van der Waals surface area contributed by atoms with Crippen LogP contribution < -0.4 is 10.1 Å². The molecule has 0 saturated heterocycles. The molecule has 9 heteroatoms. The van der Waals surface area contributed by atoms with E-state index < -0.39 is 10.0 Å². The number of hydrogen-bond donors (Lipinski definition) is 1. The molecule has 1 N–H and O–H groups in total. The molecule has 0 bridgehead atoms. The Balaban J connectivity index is 1.95. The first-order chi connectivity index (χ1) is 12.9. The van der Waals surface area contributed by atoms with Crippen molar-refractivity contribution in [1.82, 2.24) is 14.2 Å². The highest BCUT2D eigenvalue weighted by molar-refractivity contribution is 7.89. The number of rotatable bonds is 7. The molecule has 142 valence electrons. The predicted octanol–water partition coefficient (Wildman–Crippen LogP) is 3.42. The number of nitrogens with one attached hydrogen (secondary N) is 1. The molecule has 0 fully saturated rings. The van der Waals surface area contributed by atoms with E-state index in [2.05, 4.69) is 15.4 Å². The van der Waals surface area contributed by atoms with Crippen LogP contribution in [0.3, 0.4) is 0 Å². The van der Waals surface area contributed by atoms with Crippen molar-refractivity contribution in [2.24, 2.45) is 0 Å². The molecule has 0 aliphatic carbocycles. The summed E-state index contributed by atoms with van der Waals surface area (Å²) in [6.07, 6.45) is 0. The maximum atomic E-state index is 12.4. The molecule has 0 aliphatic rings.